The Balaban J connectivity index is 1.68. The summed E-state index contributed by atoms with van der Waals surface area (Å²) in [7, 11) is 0. The Kier molecular flexibility index (Phi) is 5.69. The first-order chi connectivity index (χ1) is 11.6. The average Bonchev–Trinajstić information content (AvgIpc) is 2.57. The third-order valence-corrected chi connectivity index (χ3v) is 5.30. The zero-order valence-electron chi connectivity index (χ0n) is 14.9. The van der Waals surface area contributed by atoms with E-state index >= 15 is 0 Å². The molecule has 3 heterocycles. The van der Waals surface area contributed by atoms with E-state index < -0.39 is 0 Å². The van der Waals surface area contributed by atoms with Crippen molar-refractivity contribution in [1.29, 1.82) is 0 Å². The van der Waals surface area contributed by atoms with E-state index in [1.54, 1.807) is 0 Å². The summed E-state index contributed by atoms with van der Waals surface area (Å²) in [6, 6.07) is 0.200. The summed E-state index contributed by atoms with van der Waals surface area (Å²) in [5.41, 5.74) is 1.18. The zero-order valence-corrected chi connectivity index (χ0v) is 14.9. The fourth-order valence-corrected chi connectivity index (χ4v) is 3.96. The fourth-order valence-electron chi connectivity index (χ4n) is 3.96. The van der Waals surface area contributed by atoms with Crippen molar-refractivity contribution >= 4 is 5.82 Å². The van der Waals surface area contributed by atoms with Crippen molar-refractivity contribution in [2.24, 2.45) is 0 Å². The van der Waals surface area contributed by atoms with Gasteiger partial charge >= 0.3 is 0 Å². The Hall–Kier alpha value is -1.24. The minimum Gasteiger partial charge on any atom is -0.393 e. The molecule has 0 bridgehead atoms. The van der Waals surface area contributed by atoms with E-state index in [2.05, 4.69) is 26.7 Å². The van der Waals surface area contributed by atoms with Crippen LogP contribution in [0.2, 0.25) is 0 Å². The Morgan fingerprint density at radius 1 is 1.17 bits per heavy atom. The van der Waals surface area contributed by atoms with Gasteiger partial charge in [-0.3, -0.25) is 4.90 Å². The van der Waals surface area contributed by atoms with Gasteiger partial charge in [-0.1, -0.05) is 13.3 Å². The maximum absolute atomic E-state index is 10.7. The summed E-state index contributed by atoms with van der Waals surface area (Å²) in [4.78, 5) is 13.6. The molecule has 2 aliphatic heterocycles. The molecular weight excluding hydrogens is 304 g/mol. The van der Waals surface area contributed by atoms with Crippen LogP contribution in [-0.4, -0.2) is 69.5 Å². The molecule has 2 atom stereocenters. The third-order valence-electron chi connectivity index (χ3n) is 5.30. The van der Waals surface area contributed by atoms with Crippen LogP contribution in [0, 0.1) is 6.92 Å². The van der Waals surface area contributed by atoms with Gasteiger partial charge in [0.1, 0.15) is 11.6 Å². The van der Waals surface area contributed by atoms with Crippen molar-refractivity contribution in [1.82, 2.24) is 14.9 Å². The number of aryl methyl sites for hydroxylation is 2. The molecule has 6 heteroatoms. The highest BCUT2D eigenvalue weighted by atomic mass is 16.3. The maximum atomic E-state index is 10.7. The molecule has 134 valence electrons. The predicted molar refractivity (Wildman–Crippen MR) is 94.2 cm³/mol. The lowest BCUT2D eigenvalue weighted by Crippen LogP contribution is -2.56. The van der Waals surface area contributed by atoms with Crippen molar-refractivity contribution in [3.05, 3.63) is 17.6 Å². The van der Waals surface area contributed by atoms with E-state index in [1.807, 2.05) is 13.1 Å². The van der Waals surface area contributed by atoms with Gasteiger partial charge in [0.15, 0.2) is 0 Å². The second-order valence-electron chi connectivity index (χ2n) is 7.15. The minimum absolute atomic E-state index is 0.168. The maximum Gasteiger partial charge on any atom is 0.135 e. The van der Waals surface area contributed by atoms with Crippen LogP contribution >= 0.6 is 0 Å². The fraction of sp³-hybridized carbons (Fsp3) is 0.778. The zero-order chi connectivity index (χ0) is 17.1. The molecule has 0 aliphatic carbocycles. The summed E-state index contributed by atoms with van der Waals surface area (Å²) < 4.78 is 0. The van der Waals surface area contributed by atoms with Gasteiger partial charge in [0, 0.05) is 44.0 Å². The van der Waals surface area contributed by atoms with Crippen LogP contribution in [0.5, 0.6) is 0 Å². The first kappa shape index (κ1) is 17.6. The van der Waals surface area contributed by atoms with Crippen LogP contribution in [0.1, 0.15) is 44.0 Å². The van der Waals surface area contributed by atoms with Crippen LogP contribution in [-0.2, 0) is 6.42 Å². The molecule has 3 rings (SSSR count). The van der Waals surface area contributed by atoms with Gasteiger partial charge in [-0.2, -0.15) is 0 Å². The molecular formula is C18H30N4O2. The van der Waals surface area contributed by atoms with Crippen LogP contribution in [0.4, 0.5) is 5.82 Å². The van der Waals surface area contributed by atoms with Gasteiger partial charge in [0.25, 0.3) is 0 Å². The van der Waals surface area contributed by atoms with Gasteiger partial charge < -0.3 is 15.1 Å². The highest BCUT2D eigenvalue weighted by Gasteiger charge is 2.34. The van der Waals surface area contributed by atoms with Gasteiger partial charge in [0.2, 0.25) is 0 Å². The molecule has 6 nitrogen and oxygen atoms in total. The third kappa shape index (κ3) is 3.87. The summed E-state index contributed by atoms with van der Waals surface area (Å²) in [5, 5.41) is 20.4. The second kappa shape index (κ2) is 7.76. The number of aliphatic hydroxyl groups is 2. The number of hydrogen-bond acceptors (Lipinski definition) is 6. The number of rotatable bonds is 4. The minimum atomic E-state index is -0.376. The smallest absolute Gasteiger partial charge is 0.135 e. The first-order valence-electron chi connectivity index (χ1n) is 9.26. The molecule has 2 fully saturated rings. The number of hydrogen-bond donors (Lipinski definition) is 2. The van der Waals surface area contributed by atoms with E-state index in [1.165, 1.54) is 5.56 Å². The monoisotopic (exact) mass is 334 g/mol. The summed E-state index contributed by atoms with van der Waals surface area (Å²) in [6.45, 7) is 7.38. The Morgan fingerprint density at radius 3 is 2.58 bits per heavy atom. The Labute approximate surface area is 144 Å². The van der Waals surface area contributed by atoms with E-state index in [0.717, 1.165) is 63.4 Å². The molecule has 2 saturated heterocycles. The highest BCUT2D eigenvalue weighted by molar-refractivity contribution is 5.47. The van der Waals surface area contributed by atoms with Crippen LogP contribution in [0.25, 0.3) is 0 Å². The molecule has 1 aromatic heterocycles. The molecule has 0 aromatic carbocycles. The molecule has 24 heavy (non-hydrogen) atoms. The van der Waals surface area contributed by atoms with Crippen molar-refractivity contribution in [3.63, 3.8) is 0 Å². The van der Waals surface area contributed by atoms with Crippen molar-refractivity contribution in [2.75, 3.05) is 31.1 Å². The van der Waals surface area contributed by atoms with Crippen molar-refractivity contribution < 1.29 is 10.2 Å². The number of likely N-dealkylation sites (tertiary alicyclic amines) is 1. The average molecular weight is 334 g/mol. The molecule has 0 saturated carbocycles. The van der Waals surface area contributed by atoms with Crippen molar-refractivity contribution in [2.45, 2.75) is 64.2 Å². The van der Waals surface area contributed by atoms with Gasteiger partial charge in [0.05, 0.1) is 12.2 Å². The number of nitrogens with zero attached hydrogens (tertiary/aromatic N) is 4. The SMILES string of the molecule is CCCc1cnc(C)nc1N1CC[C@@H](N2CCC(O)CC2)[C@H](O)C1. The first-order valence-corrected chi connectivity index (χ1v) is 9.26. The van der Waals surface area contributed by atoms with Crippen LogP contribution in [0.15, 0.2) is 6.20 Å². The normalized spacial score (nSPS) is 26.8. The van der Waals surface area contributed by atoms with Gasteiger partial charge in [-0.25, -0.2) is 9.97 Å². The van der Waals surface area contributed by atoms with E-state index in [9.17, 15) is 10.2 Å². The summed E-state index contributed by atoms with van der Waals surface area (Å²) in [6.07, 6.45) is 6.00. The van der Waals surface area contributed by atoms with Crippen molar-refractivity contribution in [3.8, 4) is 0 Å². The van der Waals surface area contributed by atoms with Gasteiger partial charge in [-0.05, 0) is 32.6 Å². The quantitative estimate of drug-likeness (QED) is 0.860. The lowest BCUT2D eigenvalue weighted by molar-refractivity contribution is -0.000250. The number of β-amino-alcohol motifs (C(OH)–C–C–N with tert-alkyl or cyclic N) is 1. The lowest BCUT2D eigenvalue weighted by Gasteiger charge is -2.44. The molecule has 0 amide bonds. The van der Waals surface area contributed by atoms with E-state index in [0.29, 0.717) is 6.54 Å². The topological polar surface area (TPSA) is 72.7 Å². The Bertz CT molecular complexity index is 546. The summed E-state index contributed by atoms with van der Waals surface area (Å²) in [5.74, 6) is 1.78. The number of anilines is 1. The number of aromatic nitrogens is 2. The predicted octanol–water partition coefficient (Wildman–Crippen LogP) is 1.13. The van der Waals surface area contributed by atoms with Crippen LogP contribution in [0.3, 0.4) is 0 Å². The largest absolute Gasteiger partial charge is 0.393 e. The molecule has 2 aliphatic rings. The summed E-state index contributed by atoms with van der Waals surface area (Å²) >= 11 is 0. The van der Waals surface area contributed by atoms with E-state index in [-0.39, 0.29) is 18.2 Å². The van der Waals surface area contributed by atoms with Crippen LogP contribution < -0.4 is 4.90 Å². The lowest BCUT2D eigenvalue weighted by atomic mass is 9.96. The molecule has 2 N–H and O–H groups in total. The molecule has 0 spiro atoms. The second-order valence-corrected chi connectivity index (χ2v) is 7.15. The van der Waals surface area contributed by atoms with E-state index in [4.69, 9.17) is 0 Å². The molecule has 0 radical (unpaired) electrons. The number of piperidine rings is 2. The number of aliphatic hydroxyl groups excluding tert-OH is 2. The van der Waals surface area contributed by atoms with Gasteiger partial charge in [-0.15, -0.1) is 0 Å². The standard InChI is InChI=1S/C18H30N4O2/c1-3-4-14-11-19-13(2)20-18(14)22-10-7-16(17(24)12-22)21-8-5-15(23)6-9-21/h11,15-17,23-24H,3-10,12H2,1-2H3/t16-,17-/m1/s1. The Morgan fingerprint density at radius 2 is 1.92 bits per heavy atom. The molecule has 0 unspecified atom stereocenters. The highest BCUT2D eigenvalue weighted by Crippen LogP contribution is 2.26. The molecule has 1 aromatic rings.